The van der Waals surface area contributed by atoms with E-state index in [4.69, 9.17) is 0 Å². The van der Waals surface area contributed by atoms with Gasteiger partial charge in [-0.2, -0.15) is 0 Å². The predicted octanol–water partition coefficient (Wildman–Crippen LogP) is 2.74. The smallest absolute Gasteiger partial charge is 0.00673 e. The van der Waals surface area contributed by atoms with Gasteiger partial charge >= 0.3 is 0 Å². The number of likely N-dealkylation sites (tertiary alicyclic amines) is 1. The fourth-order valence-electron chi connectivity index (χ4n) is 3.58. The molecule has 17 heavy (non-hydrogen) atoms. The van der Waals surface area contributed by atoms with Crippen molar-refractivity contribution >= 4 is 0 Å². The van der Waals surface area contributed by atoms with E-state index < -0.39 is 0 Å². The Morgan fingerprint density at radius 1 is 1.29 bits per heavy atom. The van der Waals surface area contributed by atoms with E-state index in [1.54, 1.807) is 0 Å². The van der Waals surface area contributed by atoms with E-state index in [0.29, 0.717) is 5.41 Å². The molecule has 0 aromatic carbocycles. The molecule has 3 atom stereocenters. The van der Waals surface area contributed by atoms with Crippen molar-refractivity contribution in [3.8, 4) is 0 Å². The van der Waals surface area contributed by atoms with Gasteiger partial charge in [0.25, 0.3) is 0 Å². The SMILES string of the molecule is CC1CCC(C)N(CC2(C(C)C)CCNC2)C1. The summed E-state index contributed by atoms with van der Waals surface area (Å²) in [5, 5.41) is 3.58. The van der Waals surface area contributed by atoms with Crippen LogP contribution in [0.1, 0.15) is 47.0 Å². The topological polar surface area (TPSA) is 15.3 Å². The van der Waals surface area contributed by atoms with Crippen molar-refractivity contribution in [1.82, 2.24) is 10.2 Å². The minimum atomic E-state index is 0.533. The zero-order chi connectivity index (χ0) is 12.5. The number of hydrogen-bond donors (Lipinski definition) is 1. The van der Waals surface area contributed by atoms with Crippen LogP contribution in [0.4, 0.5) is 0 Å². The molecule has 0 spiro atoms. The van der Waals surface area contributed by atoms with Crippen molar-refractivity contribution in [1.29, 1.82) is 0 Å². The molecule has 2 aliphatic heterocycles. The van der Waals surface area contributed by atoms with E-state index in [2.05, 4.69) is 37.9 Å². The maximum absolute atomic E-state index is 3.58. The summed E-state index contributed by atoms with van der Waals surface area (Å²) in [4.78, 5) is 2.77. The first kappa shape index (κ1) is 13.4. The molecule has 3 unspecified atom stereocenters. The zero-order valence-corrected chi connectivity index (χ0v) is 12.1. The van der Waals surface area contributed by atoms with E-state index in [9.17, 15) is 0 Å². The first-order valence-corrected chi connectivity index (χ1v) is 7.48. The molecule has 2 heteroatoms. The van der Waals surface area contributed by atoms with Gasteiger partial charge in [0.05, 0.1) is 0 Å². The number of piperidine rings is 1. The summed E-state index contributed by atoms with van der Waals surface area (Å²) < 4.78 is 0. The zero-order valence-electron chi connectivity index (χ0n) is 12.1. The van der Waals surface area contributed by atoms with Crippen LogP contribution in [0.15, 0.2) is 0 Å². The first-order chi connectivity index (χ1) is 8.03. The Morgan fingerprint density at radius 3 is 2.65 bits per heavy atom. The molecule has 2 aliphatic rings. The molecule has 0 aromatic rings. The predicted molar refractivity (Wildman–Crippen MR) is 74.2 cm³/mol. The average Bonchev–Trinajstić information content (AvgIpc) is 2.73. The third-order valence-electron chi connectivity index (χ3n) is 5.27. The van der Waals surface area contributed by atoms with Gasteiger partial charge in [-0.1, -0.05) is 20.8 Å². The molecule has 0 bridgehead atoms. The highest BCUT2D eigenvalue weighted by atomic mass is 15.2. The van der Waals surface area contributed by atoms with E-state index in [1.807, 2.05) is 0 Å². The quantitative estimate of drug-likeness (QED) is 0.813. The lowest BCUT2D eigenvalue weighted by atomic mass is 9.75. The number of nitrogens with zero attached hydrogens (tertiary/aromatic N) is 1. The van der Waals surface area contributed by atoms with Crippen LogP contribution in [-0.2, 0) is 0 Å². The van der Waals surface area contributed by atoms with Gasteiger partial charge in [0.1, 0.15) is 0 Å². The summed E-state index contributed by atoms with van der Waals surface area (Å²) in [6.07, 6.45) is 4.18. The second-order valence-corrected chi connectivity index (χ2v) is 6.90. The van der Waals surface area contributed by atoms with Crippen molar-refractivity contribution in [3.63, 3.8) is 0 Å². The maximum atomic E-state index is 3.58. The lowest BCUT2D eigenvalue weighted by Crippen LogP contribution is -2.49. The summed E-state index contributed by atoms with van der Waals surface area (Å²) in [7, 11) is 0. The molecule has 2 heterocycles. The van der Waals surface area contributed by atoms with Gasteiger partial charge in [0.15, 0.2) is 0 Å². The molecule has 2 nitrogen and oxygen atoms in total. The van der Waals surface area contributed by atoms with Gasteiger partial charge in [0, 0.05) is 25.7 Å². The lowest BCUT2D eigenvalue weighted by molar-refractivity contribution is 0.0517. The van der Waals surface area contributed by atoms with Gasteiger partial charge in [-0.05, 0) is 50.0 Å². The van der Waals surface area contributed by atoms with Crippen molar-refractivity contribution < 1.29 is 0 Å². The minimum Gasteiger partial charge on any atom is -0.316 e. The van der Waals surface area contributed by atoms with Gasteiger partial charge < -0.3 is 5.32 Å². The largest absolute Gasteiger partial charge is 0.316 e. The van der Waals surface area contributed by atoms with Crippen LogP contribution in [-0.4, -0.2) is 37.1 Å². The molecule has 100 valence electrons. The second-order valence-electron chi connectivity index (χ2n) is 6.90. The van der Waals surface area contributed by atoms with Gasteiger partial charge in [-0.25, -0.2) is 0 Å². The van der Waals surface area contributed by atoms with Crippen molar-refractivity contribution in [2.75, 3.05) is 26.2 Å². The van der Waals surface area contributed by atoms with E-state index in [1.165, 1.54) is 45.4 Å². The Bertz CT molecular complexity index is 243. The molecule has 2 saturated heterocycles. The summed E-state index contributed by atoms with van der Waals surface area (Å²) in [5.41, 5.74) is 0.533. The molecule has 0 aliphatic carbocycles. The fourth-order valence-corrected chi connectivity index (χ4v) is 3.58. The number of hydrogen-bond acceptors (Lipinski definition) is 2. The maximum Gasteiger partial charge on any atom is 0.00673 e. The molecular formula is C15H30N2. The highest BCUT2D eigenvalue weighted by molar-refractivity contribution is 4.94. The standard InChI is InChI=1S/C15H30N2/c1-12(2)15(7-8-16-10-15)11-17-9-13(3)5-6-14(17)4/h12-14,16H,5-11H2,1-4H3. The Kier molecular flexibility index (Phi) is 4.14. The average molecular weight is 238 g/mol. The van der Waals surface area contributed by atoms with Crippen LogP contribution in [0.5, 0.6) is 0 Å². The van der Waals surface area contributed by atoms with E-state index in [0.717, 1.165) is 17.9 Å². The van der Waals surface area contributed by atoms with E-state index in [-0.39, 0.29) is 0 Å². The second kappa shape index (κ2) is 5.27. The normalized spacial score (nSPS) is 40.1. The van der Waals surface area contributed by atoms with Crippen LogP contribution in [0, 0.1) is 17.3 Å². The molecule has 0 saturated carbocycles. The minimum absolute atomic E-state index is 0.533. The summed E-state index contributed by atoms with van der Waals surface area (Å²) in [5.74, 6) is 1.69. The molecule has 2 rings (SSSR count). The monoisotopic (exact) mass is 238 g/mol. The van der Waals surface area contributed by atoms with Crippen molar-refractivity contribution in [2.24, 2.45) is 17.3 Å². The lowest BCUT2D eigenvalue weighted by Gasteiger charge is -2.44. The van der Waals surface area contributed by atoms with Crippen molar-refractivity contribution in [2.45, 2.75) is 53.0 Å². The Labute approximate surface area is 107 Å². The van der Waals surface area contributed by atoms with Crippen LogP contribution >= 0.6 is 0 Å². The Morgan fingerprint density at radius 2 is 2.06 bits per heavy atom. The Balaban J connectivity index is 2.02. The van der Waals surface area contributed by atoms with Crippen LogP contribution in [0.2, 0.25) is 0 Å². The fraction of sp³-hybridized carbons (Fsp3) is 1.00. The summed E-state index contributed by atoms with van der Waals surface area (Å²) in [6, 6.07) is 0.794. The Hall–Kier alpha value is -0.0800. The summed E-state index contributed by atoms with van der Waals surface area (Å²) >= 11 is 0. The number of rotatable bonds is 3. The van der Waals surface area contributed by atoms with Crippen LogP contribution in [0.3, 0.4) is 0 Å². The molecule has 0 radical (unpaired) electrons. The highest BCUT2D eigenvalue weighted by Gasteiger charge is 2.40. The summed E-state index contributed by atoms with van der Waals surface area (Å²) in [6.45, 7) is 14.7. The van der Waals surface area contributed by atoms with Gasteiger partial charge in [-0.15, -0.1) is 0 Å². The first-order valence-electron chi connectivity index (χ1n) is 7.48. The molecular weight excluding hydrogens is 208 g/mol. The van der Waals surface area contributed by atoms with E-state index >= 15 is 0 Å². The molecule has 1 N–H and O–H groups in total. The third-order valence-corrected chi connectivity index (χ3v) is 5.27. The van der Waals surface area contributed by atoms with Crippen LogP contribution in [0.25, 0.3) is 0 Å². The molecule has 0 amide bonds. The third kappa shape index (κ3) is 2.85. The van der Waals surface area contributed by atoms with Gasteiger partial charge in [0.2, 0.25) is 0 Å². The number of nitrogens with one attached hydrogen (secondary N) is 1. The highest BCUT2D eigenvalue weighted by Crippen LogP contribution is 2.37. The van der Waals surface area contributed by atoms with Crippen LogP contribution < -0.4 is 5.32 Å². The molecule has 2 fully saturated rings. The van der Waals surface area contributed by atoms with Crippen molar-refractivity contribution in [3.05, 3.63) is 0 Å². The molecule has 0 aromatic heterocycles. The van der Waals surface area contributed by atoms with Gasteiger partial charge in [-0.3, -0.25) is 4.90 Å².